The summed E-state index contributed by atoms with van der Waals surface area (Å²) >= 11 is 0. The van der Waals surface area contributed by atoms with Crippen LogP contribution in [0.15, 0.2) is 57.9 Å². The fraction of sp³-hybridized carbons (Fsp3) is 0.423. The van der Waals surface area contributed by atoms with Gasteiger partial charge in [0.25, 0.3) is 0 Å². The number of ether oxygens (including phenoxy) is 4. The van der Waals surface area contributed by atoms with Gasteiger partial charge in [-0.2, -0.15) is 0 Å². The van der Waals surface area contributed by atoms with Crippen molar-refractivity contribution in [1.29, 1.82) is 0 Å². The van der Waals surface area contributed by atoms with Gasteiger partial charge in [-0.15, -0.1) is 0 Å². The van der Waals surface area contributed by atoms with Crippen LogP contribution in [0.2, 0.25) is 0 Å². The van der Waals surface area contributed by atoms with E-state index in [1.807, 2.05) is 0 Å². The molecule has 0 unspecified atom stereocenters. The van der Waals surface area contributed by atoms with Gasteiger partial charge in [-0.05, 0) is 29.8 Å². The molecule has 1 aromatic heterocycles. The van der Waals surface area contributed by atoms with Gasteiger partial charge < -0.3 is 59.1 Å². The highest BCUT2D eigenvalue weighted by atomic mass is 16.7. The van der Waals surface area contributed by atoms with Crippen molar-refractivity contribution in [1.82, 2.24) is 0 Å². The number of rotatable bonds is 6. The lowest BCUT2D eigenvalue weighted by atomic mass is 9.99. The Labute approximate surface area is 220 Å². The molecule has 13 nitrogen and oxygen atoms in total. The van der Waals surface area contributed by atoms with Crippen molar-refractivity contribution in [2.45, 2.75) is 55.3 Å². The van der Waals surface area contributed by atoms with Gasteiger partial charge in [0, 0.05) is 6.07 Å². The van der Waals surface area contributed by atoms with Gasteiger partial charge in [0.05, 0.1) is 24.2 Å². The van der Waals surface area contributed by atoms with E-state index < -0.39 is 61.9 Å². The van der Waals surface area contributed by atoms with Gasteiger partial charge in [0.1, 0.15) is 66.1 Å². The van der Waals surface area contributed by atoms with Crippen LogP contribution in [0.25, 0.3) is 22.1 Å². The van der Waals surface area contributed by atoms with E-state index in [9.17, 15) is 40.5 Å². The molecule has 0 amide bonds. The summed E-state index contributed by atoms with van der Waals surface area (Å²) in [5.41, 5.74) is 0.703. The lowest BCUT2D eigenvalue weighted by molar-refractivity contribution is -0.307. The molecule has 9 atom stereocenters. The molecule has 3 heterocycles. The van der Waals surface area contributed by atoms with E-state index >= 15 is 0 Å². The topological polar surface area (TPSA) is 209 Å². The van der Waals surface area contributed by atoms with Gasteiger partial charge >= 0.3 is 0 Å². The van der Waals surface area contributed by atoms with Gasteiger partial charge in [-0.3, -0.25) is 4.79 Å². The maximum atomic E-state index is 13.0. The summed E-state index contributed by atoms with van der Waals surface area (Å²) in [6.07, 6.45) is -12.1. The summed E-state index contributed by atoms with van der Waals surface area (Å²) in [5, 5.41) is 70.2. The van der Waals surface area contributed by atoms with Crippen LogP contribution in [0.3, 0.4) is 0 Å². The third kappa shape index (κ3) is 5.49. The summed E-state index contributed by atoms with van der Waals surface area (Å²) in [7, 11) is 0. The second-order valence-electron chi connectivity index (χ2n) is 9.40. The molecule has 0 saturated carbocycles. The zero-order valence-corrected chi connectivity index (χ0v) is 20.3. The van der Waals surface area contributed by atoms with Crippen molar-refractivity contribution in [3.8, 4) is 22.6 Å². The highest BCUT2D eigenvalue weighted by Crippen LogP contribution is 2.28. The van der Waals surface area contributed by atoms with Gasteiger partial charge in [-0.1, -0.05) is 12.1 Å². The highest BCUT2D eigenvalue weighted by Gasteiger charge is 2.46. The van der Waals surface area contributed by atoms with E-state index in [4.69, 9.17) is 23.4 Å². The van der Waals surface area contributed by atoms with Crippen LogP contribution < -0.4 is 10.2 Å². The fourth-order valence-corrected chi connectivity index (χ4v) is 4.42. The molecule has 2 aromatic carbocycles. The number of phenols is 1. The van der Waals surface area contributed by atoms with E-state index in [1.165, 1.54) is 36.6 Å². The Morgan fingerprint density at radius 2 is 1.56 bits per heavy atom. The van der Waals surface area contributed by atoms with Crippen LogP contribution in [0.5, 0.6) is 11.5 Å². The Kier molecular flexibility index (Phi) is 7.87. The fourth-order valence-electron chi connectivity index (χ4n) is 4.42. The van der Waals surface area contributed by atoms with Gasteiger partial charge in [-0.25, -0.2) is 0 Å². The largest absolute Gasteiger partial charge is 0.508 e. The van der Waals surface area contributed by atoms with Crippen LogP contribution in [-0.4, -0.2) is 104 Å². The number of hydrogen-bond donors (Lipinski definition) is 7. The Morgan fingerprint density at radius 3 is 2.31 bits per heavy atom. The first kappa shape index (κ1) is 27.5. The molecule has 210 valence electrons. The Balaban J connectivity index is 1.29. The molecule has 2 saturated heterocycles. The Bertz CT molecular complexity index is 1340. The van der Waals surface area contributed by atoms with E-state index in [1.54, 1.807) is 12.1 Å². The molecule has 0 radical (unpaired) electrons. The second-order valence-corrected chi connectivity index (χ2v) is 9.40. The minimum atomic E-state index is -1.69. The zero-order valence-electron chi connectivity index (χ0n) is 20.3. The van der Waals surface area contributed by atoms with E-state index in [-0.39, 0.29) is 40.1 Å². The van der Waals surface area contributed by atoms with E-state index in [0.717, 1.165) is 0 Å². The molecule has 39 heavy (non-hydrogen) atoms. The normalized spacial score (nSPS) is 33.2. The molecular weight excluding hydrogens is 520 g/mol. The Hall–Kier alpha value is -3.11. The predicted octanol–water partition coefficient (Wildman–Crippen LogP) is -1.19. The smallest absolute Gasteiger partial charge is 0.229 e. The summed E-state index contributed by atoms with van der Waals surface area (Å²) in [5.74, 6) is 0.182. The molecule has 7 N–H and O–H groups in total. The SMILES string of the molecule is O=c1c(-c2ccc(O)cc2)coc2cc(O[C@@H]3O[C@H](CO[C@@H]4OC[C@@H](O)[C@H](O)[C@H]4O)[C@@H](O)[C@H](O)[C@H]3O)ccc12. The third-order valence-corrected chi connectivity index (χ3v) is 6.72. The van der Waals surface area contributed by atoms with Crippen molar-refractivity contribution >= 4 is 11.0 Å². The van der Waals surface area contributed by atoms with Crippen molar-refractivity contribution in [3.63, 3.8) is 0 Å². The van der Waals surface area contributed by atoms with Gasteiger partial charge in [0.2, 0.25) is 6.29 Å². The number of phenolic OH excluding ortho intramolecular Hbond substituents is 1. The third-order valence-electron chi connectivity index (χ3n) is 6.72. The van der Waals surface area contributed by atoms with Crippen LogP contribution >= 0.6 is 0 Å². The zero-order chi connectivity index (χ0) is 27.8. The molecule has 5 rings (SSSR count). The average molecular weight is 548 g/mol. The minimum Gasteiger partial charge on any atom is -0.508 e. The minimum absolute atomic E-state index is 0.0582. The van der Waals surface area contributed by atoms with E-state index in [2.05, 4.69) is 0 Å². The molecule has 0 aliphatic carbocycles. The number of aliphatic hydroxyl groups excluding tert-OH is 6. The van der Waals surface area contributed by atoms with Gasteiger partial charge in [0.15, 0.2) is 11.7 Å². The summed E-state index contributed by atoms with van der Waals surface area (Å²) < 4.78 is 27.5. The van der Waals surface area contributed by atoms with E-state index in [0.29, 0.717) is 5.56 Å². The number of fused-ring (bicyclic) bond motifs is 1. The van der Waals surface area contributed by atoms with Crippen LogP contribution in [-0.2, 0) is 14.2 Å². The van der Waals surface area contributed by atoms with Crippen molar-refractivity contribution in [2.75, 3.05) is 13.2 Å². The van der Waals surface area contributed by atoms with Crippen LogP contribution in [0.4, 0.5) is 0 Å². The quantitative estimate of drug-likeness (QED) is 0.193. The van der Waals surface area contributed by atoms with Crippen LogP contribution in [0, 0.1) is 0 Å². The summed E-state index contributed by atoms with van der Waals surface area (Å²) in [6, 6.07) is 10.4. The first-order valence-electron chi connectivity index (χ1n) is 12.1. The number of hydrogen-bond acceptors (Lipinski definition) is 13. The molecule has 0 spiro atoms. The number of aromatic hydroxyl groups is 1. The van der Waals surface area contributed by atoms with Crippen LogP contribution in [0.1, 0.15) is 0 Å². The number of benzene rings is 2. The average Bonchev–Trinajstić information content (AvgIpc) is 2.93. The molecule has 2 fully saturated rings. The van der Waals surface area contributed by atoms with Crippen molar-refractivity contribution < 1.29 is 59.1 Å². The standard InChI is InChI=1S/C26H28O13/c27-12-3-1-11(2-4-12)15-8-35-17-7-13(5-6-14(17)19(15)29)38-26-24(34)22(32)21(31)18(39-26)10-37-25-23(33)20(30)16(28)9-36-25/h1-8,16,18,20-28,30-34H,9-10H2/t16-,18-,20+,21-,22+,23-,24-,25+,26-/m1/s1. The first-order valence-corrected chi connectivity index (χ1v) is 12.1. The highest BCUT2D eigenvalue weighted by molar-refractivity contribution is 5.82. The summed E-state index contributed by atoms with van der Waals surface area (Å²) in [4.78, 5) is 13.0. The first-order chi connectivity index (χ1) is 18.6. The molecule has 3 aromatic rings. The second kappa shape index (κ2) is 11.2. The molecular formula is C26H28O13. The monoisotopic (exact) mass is 548 g/mol. The van der Waals surface area contributed by atoms with Crippen molar-refractivity contribution in [2.24, 2.45) is 0 Å². The maximum absolute atomic E-state index is 13.0. The maximum Gasteiger partial charge on any atom is 0.229 e. The molecule has 2 aliphatic rings. The number of aliphatic hydroxyl groups is 6. The lowest BCUT2D eigenvalue weighted by Crippen LogP contribution is -2.61. The van der Waals surface area contributed by atoms with Crippen molar-refractivity contribution in [3.05, 3.63) is 59.0 Å². The predicted molar refractivity (Wildman–Crippen MR) is 131 cm³/mol. The molecule has 2 aliphatic heterocycles. The lowest BCUT2D eigenvalue weighted by Gasteiger charge is -2.41. The molecule has 13 heteroatoms. The summed E-state index contributed by atoms with van der Waals surface area (Å²) in [6.45, 7) is -0.722. The Morgan fingerprint density at radius 1 is 0.846 bits per heavy atom. The molecule has 0 bridgehead atoms.